The predicted octanol–water partition coefficient (Wildman–Crippen LogP) is 2.91. The molecule has 1 heterocycles. The van der Waals surface area contributed by atoms with Gasteiger partial charge in [0.25, 0.3) is 0 Å². The maximum atomic E-state index is 12.8. The minimum atomic E-state index is -4.86. The number of carbonyl (C=O) groups excluding carboxylic acids is 1. The summed E-state index contributed by atoms with van der Waals surface area (Å²) in [5.74, 6) is -1.12. The molecule has 0 bridgehead atoms. The molecule has 1 aliphatic rings. The molecule has 1 aliphatic heterocycles. The van der Waals surface area contributed by atoms with Gasteiger partial charge in [0, 0.05) is 18.3 Å². The van der Waals surface area contributed by atoms with Crippen LogP contribution in [0, 0.1) is 0 Å². The average molecular weight is 414 g/mol. The molecule has 0 spiro atoms. The topological polar surface area (TPSA) is 75.7 Å². The molecular weight excluding hydrogens is 397 g/mol. The quantitative estimate of drug-likeness (QED) is 0.835. The summed E-state index contributed by atoms with van der Waals surface area (Å²) in [5, 5.41) is 2.48. The van der Waals surface area contributed by atoms with Crippen molar-refractivity contribution in [2.45, 2.75) is 25.4 Å². The molecule has 2 aromatic carbocycles. The van der Waals surface area contributed by atoms with E-state index in [-0.39, 0.29) is 18.7 Å². The van der Waals surface area contributed by atoms with Crippen LogP contribution in [0.1, 0.15) is 11.1 Å². The van der Waals surface area contributed by atoms with Crippen LogP contribution >= 0.6 is 0 Å². The third-order valence-corrected chi connectivity index (χ3v) is 5.50. The first-order chi connectivity index (χ1) is 13.0. The van der Waals surface area contributed by atoms with Crippen molar-refractivity contribution in [3.63, 3.8) is 0 Å². The second-order valence-electron chi connectivity index (χ2n) is 6.36. The minimum absolute atomic E-state index is 0.0460. The predicted molar refractivity (Wildman–Crippen MR) is 96.1 cm³/mol. The number of hydrogen-bond donors (Lipinski definition) is 1. The number of rotatable bonds is 4. The molecular formula is C18H17F3N2O4S. The molecule has 1 amide bonds. The van der Waals surface area contributed by atoms with E-state index in [1.165, 1.54) is 12.1 Å². The summed E-state index contributed by atoms with van der Waals surface area (Å²) in [6.07, 6.45) is -3.68. The lowest BCUT2D eigenvalue weighted by Gasteiger charge is -2.34. The van der Waals surface area contributed by atoms with Crippen molar-refractivity contribution in [2.24, 2.45) is 0 Å². The number of alkyl halides is 3. The van der Waals surface area contributed by atoms with Gasteiger partial charge in [-0.3, -0.25) is 4.79 Å². The van der Waals surface area contributed by atoms with E-state index in [9.17, 15) is 26.4 Å². The highest BCUT2D eigenvalue weighted by Crippen LogP contribution is 2.28. The van der Waals surface area contributed by atoms with E-state index in [4.69, 9.17) is 0 Å². The van der Waals surface area contributed by atoms with Gasteiger partial charge in [0.15, 0.2) is 0 Å². The monoisotopic (exact) mass is 414 g/mol. The average Bonchev–Trinajstić information content (AvgIpc) is 2.58. The lowest BCUT2D eigenvalue weighted by Crippen LogP contribution is -2.50. The fourth-order valence-corrected chi connectivity index (χ4v) is 4.07. The Morgan fingerprint density at radius 1 is 1.14 bits per heavy atom. The van der Waals surface area contributed by atoms with Gasteiger partial charge in [-0.05, 0) is 29.7 Å². The molecule has 0 aliphatic carbocycles. The number of hydrogen-bond acceptors (Lipinski definition) is 4. The van der Waals surface area contributed by atoms with Gasteiger partial charge in [-0.2, -0.15) is 4.31 Å². The Balaban J connectivity index is 1.83. The fraction of sp³-hybridized carbons (Fsp3) is 0.278. The molecule has 6 nitrogen and oxygen atoms in total. The van der Waals surface area contributed by atoms with Crippen LogP contribution < -0.4 is 10.1 Å². The number of halogens is 3. The molecule has 1 unspecified atom stereocenters. The van der Waals surface area contributed by atoms with Crippen molar-refractivity contribution in [1.82, 2.24) is 4.31 Å². The molecule has 0 saturated carbocycles. The number of anilines is 1. The number of nitrogens with one attached hydrogen (secondary N) is 1. The largest absolute Gasteiger partial charge is 0.573 e. The van der Waals surface area contributed by atoms with Gasteiger partial charge in [0.05, 0.1) is 6.26 Å². The SMILES string of the molecule is CS(=O)(=O)N1Cc2ccccc2CC1C(=O)Nc1cccc(OC(F)(F)F)c1. The van der Waals surface area contributed by atoms with Crippen LogP contribution in [0.25, 0.3) is 0 Å². The van der Waals surface area contributed by atoms with E-state index in [0.717, 1.165) is 33.8 Å². The molecule has 2 aromatic rings. The molecule has 28 heavy (non-hydrogen) atoms. The highest BCUT2D eigenvalue weighted by atomic mass is 32.2. The van der Waals surface area contributed by atoms with Gasteiger partial charge in [-0.15, -0.1) is 13.2 Å². The van der Waals surface area contributed by atoms with Gasteiger partial charge in [0.1, 0.15) is 11.8 Å². The van der Waals surface area contributed by atoms with Crippen LogP contribution in [0.3, 0.4) is 0 Å². The van der Waals surface area contributed by atoms with E-state index >= 15 is 0 Å². The van der Waals surface area contributed by atoms with Crippen molar-refractivity contribution in [1.29, 1.82) is 0 Å². The zero-order valence-electron chi connectivity index (χ0n) is 14.7. The highest BCUT2D eigenvalue weighted by Gasteiger charge is 2.37. The number of sulfonamides is 1. The zero-order valence-corrected chi connectivity index (χ0v) is 15.5. The van der Waals surface area contributed by atoms with Crippen molar-refractivity contribution < 1.29 is 31.1 Å². The summed E-state index contributed by atoms with van der Waals surface area (Å²) in [6.45, 7) is 0.0460. The molecule has 1 atom stereocenters. The molecule has 3 rings (SSSR count). The third-order valence-electron chi connectivity index (χ3n) is 4.27. The number of benzene rings is 2. The summed E-state index contributed by atoms with van der Waals surface area (Å²) in [5.41, 5.74) is 1.72. The Bertz CT molecular complexity index is 992. The summed E-state index contributed by atoms with van der Waals surface area (Å²) in [4.78, 5) is 12.8. The molecule has 0 aromatic heterocycles. The van der Waals surface area contributed by atoms with E-state index in [1.54, 1.807) is 18.2 Å². The van der Waals surface area contributed by atoms with Crippen LogP contribution in [0.15, 0.2) is 48.5 Å². The minimum Gasteiger partial charge on any atom is -0.406 e. The molecule has 0 radical (unpaired) electrons. The van der Waals surface area contributed by atoms with Crippen molar-refractivity contribution in [2.75, 3.05) is 11.6 Å². The number of carbonyl (C=O) groups is 1. The van der Waals surface area contributed by atoms with Crippen LogP contribution in [-0.4, -0.2) is 37.3 Å². The Morgan fingerprint density at radius 2 is 1.82 bits per heavy atom. The van der Waals surface area contributed by atoms with Gasteiger partial charge >= 0.3 is 6.36 Å². The number of fused-ring (bicyclic) bond motifs is 1. The summed E-state index contributed by atoms with van der Waals surface area (Å²) < 4.78 is 66.4. The van der Waals surface area contributed by atoms with Crippen LogP contribution in [0.4, 0.5) is 18.9 Å². The Hall–Kier alpha value is -2.59. The van der Waals surface area contributed by atoms with Crippen molar-refractivity contribution in [3.8, 4) is 5.75 Å². The van der Waals surface area contributed by atoms with Crippen LogP contribution in [0.2, 0.25) is 0 Å². The van der Waals surface area contributed by atoms with Gasteiger partial charge in [0.2, 0.25) is 15.9 Å². The first-order valence-electron chi connectivity index (χ1n) is 8.23. The summed E-state index contributed by atoms with van der Waals surface area (Å²) >= 11 is 0. The maximum absolute atomic E-state index is 12.8. The van der Waals surface area contributed by atoms with Crippen LogP contribution in [0.5, 0.6) is 5.75 Å². The molecule has 10 heteroatoms. The Labute approximate surface area is 160 Å². The summed E-state index contributed by atoms with van der Waals surface area (Å²) in [7, 11) is -3.69. The molecule has 150 valence electrons. The normalized spacial score (nSPS) is 17.6. The maximum Gasteiger partial charge on any atom is 0.573 e. The second kappa shape index (κ2) is 7.44. The van der Waals surface area contributed by atoms with Gasteiger partial charge in [-0.1, -0.05) is 30.3 Å². The number of amides is 1. The summed E-state index contributed by atoms with van der Waals surface area (Å²) in [6, 6.07) is 11.0. The standard InChI is InChI=1S/C18H17F3N2O4S/c1-28(25,26)23-11-13-6-3-2-5-12(13)9-16(23)17(24)22-14-7-4-8-15(10-14)27-18(19,20)21/h2-8,10,16H,9,11H2,1H3,(H,22,24). The van der Waals surface area contributed by atoms with Crippen molar-refractivity contribution in [3.05, 3.63) is 59.7 Å². The smallest absolute Gasteiger partial charge is 0.406 e. The molecule has 0 fully saturated rings. The van der Waals surface area contributed by atoms with Crippen molar-refractivity contribution >= 4 is 21.6 Å². The number of ether oxygens (including phenoxy) is 1. The van der Waals surface area contributed by atoms with Crippen LogP contribution in [-0.2, 0) is 27.8 Å². The zero-order chi connectivity index (χ0) is 20.5. The molecule has 1 N–H and O–H groups in total. The van der Waals surface area contributed by atoms with Gasteiger partial charge in [-0.25, -0.2) is 8.42 Å². The highest BCUT2D eigenvalue weighted by molar-refractivity contribution is 7.88. The lowest BCUT2D eigenvalue weighted by atomic mass is 9.95. The number of nitrogens with zero attached hydrogens (tertiary/aromatic N) is 1. The fourth-order valence-electron chi connectivity index (χ4n) is 3.07. The first kappa shape index (κ1) is 20.2. The molecule has 0 saturated heterocycles. The van der Waals surface area contributed by atoms with E-state index in [1.807, 2.05) is 6.07 Å². The lowest BCUT2D eigenvalue weighted by molar-refractivity contribution is -0.274. The third kappa shape index (κ3) is 4.82. The second-order valence-corrected chi connectivity index (χ2v) is 8.30. The van der Waals surface area contributed by atoms with E-state index in [2.05, 4.69) is 10.1 Å². The first-order valence-corrected chi connectivity index (χ1v) is 10.1. The van der Waals surface area contributed by atoms with E-state index in [0.29, 0.717) is 0 Å². The van der Waals surface area contributed by atoms with Gasteiger partial charge < -0.3 is 10.1 Å². The Kier molecular flexibility index (Phi) is 5.35. The van der Waals surface area contributed by atoms with E-state index < -0.39 is 34.1 Å². The Morgan fingerprint density at radius 3 is 2.46 bits per heavy atom.